The molecular formula is C24H23N5O4. The van der Waals surface area contributed by atoms with Gasteiger partial charge in [-0.05, 0) is 50.3 Å². The first-order chi connectivity index (χ1) is 16.1. The van der Waals surface area contributed by atoms with E-state index < -0.39 is 11.3 Å². The van der Waals surface area contributed by atoms with Crippen molar-refractivity contribution in [3.8, 4) is 34.7 Å². The van der Waals surface area contributed by atoms with Crippen LogP contribution in [0, 0.1) is 0 Å². The molecule has 3 aromatic heterocycles. The number of oxazole rings is 1. The molecule has 0 spiro atoms. The Kier molecular flexibility index (Phi) is 4.39. The zero-order valence-corrected chi connectivity index (χ0v) is 18.4. The van der Waals surface area contributed by atoms with Gasteiger partial charge in [0.15, 0.2) is 28.4 Å². The van der Waals surface area contributed by atoms with Gasteiger partial charge in [-0.15, -0.1) is 0 Å². The van der Waals surface area contributed by atoms with Crippen LogP contribution in [0.2, 0.25) is 0 Å². The van der Waals surface area contributed by atoms with Gasteiger partial charge in [0.1, 0.15) is 5.75 Å². The number of hydrogen-bond acceptors (Lipinski definition) is 7. The van der Waals surface area contributed by atoms with E-state index >= 15 is 0 Å². The Morgan fingerprint density at radius 1 is 1.18 bits per heavy atom. The van der Waals surface area contributed by atoms with Crippen molar-refractivity contribution < 1.29 is 14.3 Å². The average Bonchev–Trinajstić information content (AvgIpc) is 3.39. The lowest BCUT2D eigenvalue weighted by molar-refractivity contribution is 0.314. The smallest absolute Gasteiger partial charge is 0.296 e. The van der Waals surface area contributed by atoms with E-state index in [0.29, 0.717) is 34.5 Å². The fraction of sp³-hybridized carbons (Fsp3) is 0.333. The predicted molar refractivity (Wildman–Crippen MR) is 122 cm³/mol. The number of rotatable bonds is 4. The number of hydrogen-bond donors (Lipinski definition) is 1. The molecule has 9 nitrogen and oxygen atoms in total. The quantitative estimate of drug-likeness (QED) is 0.508. The molecule has 6 rings (SSSR count). The first-order valence-electron chi connectivity index (χ1n) is 11.1. The lowest BCUT2D eigenvalue weighted by Crippen LogP contribution is -2.24. The van der Waals surface area contributed by atoms with Crippen molar-refractivity contribution >= 4 is 17.2 Å². The molecule has 0 bridgehead atoms. The number of aromatic nitrogens is 5. The van der Waals surface area contributed by atoms with Crippen LogP contribution in [-0.2, 0) is 13.5 Å². The van der Waals surface area contributed by atoms with Crippen LogP contribution in [0.25, 0.3) is 40.4 Å². The molecule has 9 heteroatoms. The summed E-state index contributed by atoms with van der Waals surface area (Å²) in [5, 5.41) is 10.7. The third kappa shape index (κ3) is 2.92. The highest BCUT2D eigenvalue weighted by atomic mass is 16.5. The number of benzene rings is 1. The molecule has 0 atom stereocenters. The van der Waals surface area contributed by atoms with Crippen molar-refractivity contribution in [1.82, 2.24) is 24.1 Å². The summed E-state index contributed by atoms with van der Waals surface area (Å²) in [5.74, 6) is 1.07. The normalized spacial score (nSPS) is 15.6. The van der Waals surface area contributed by atoms with Crippen LogP contribution < -0.4 is 10.3 Å². The van der Waals surface area contributed by atoms with Gasteiger partial charge in [-0.1, -0.05) is 12.1 Å². The second-order valence-electron chi connectivity index (χ2n) is 8.49. The minimum absolute atomic E-state index is 0.0111. The third-order valence-electron chi connectivity index (χ3n) is 6.56. The van der Waals surface area contributed by atoms with Gasteiger partial charge in [-0.3, -0.25) is 9.36 Å². The lowest BCUT2D eigenvalue weighted by atomic mass is 9.92. The molecule has 0 saturated heterocycles. The summed E-state index contributed by atoms with van der Waals surface area (Å²) in [6.45, 7) is 0. The molecule has 168 valence electrons. The fourth-order valence-electron chi connectivity index (χ4n) is 4.57. The van der Waals surface area contributed by atoms with Crippen molar-refractivity contribution in [3.63, 3.8) is 0 Å². The Morgan fingerprint density at radius 3 is 2.79 bits per heavy atom. The zero-order chi connectivity index (χ0) is 22.7. The number of methoxy groups -OCH3 is 1. The number of aromatic hydroxyl groups is 1. The maximum atomic E-state index is 13.0. The van der Waals surface area contributed by atoms with E-state index in [9.17, 15) is 9.90 Å². The Labute approximate surface area is 189 Å². The maximum absolute atomic E-state index is 13.0. The molecule has 1 N–H and O–H groups in total. The van der Waals surface area contributed by atoms with E-state index in [4.69, 9.17) is 14.1 Å². The van der Waals surface area contributed by atoms with Gasteiger partial charge >= 0.3 is 0 Å². The van der Waals surface area contributed by atoms with E-state index in [-0.39, 0.29) is 11.6 Å². The highest BCUT2D eigenvalue weighted by Crippen LogP contribution is 2.39. The van der Waals surface area contributed by atoms with E-state index in [1.165, 1.54) is 11.0 Å². The summed E-state index contributed by atoms with van der Waals surface area (Å²) < 4.78 is 14.8. The van der Waals surface area contributed by atoms with Gasteiger partial charge in [0.25, 0.3) is 11.4 Å². The largest absolute Gasteiger partial charge is 0.501 e. The van der Waals surface area contributed by atoms with Crippen LogP contribution in [0.15, 0.2) is 33.5 Å². The van der Waals surface area contributed by atoms with E-state index in [1.807, 2.05) is 0 Å². The summed E-state index contributed by atoms with van der Waals surface area (Å²) in [6.07, 6.45) is 9.34. The van der Waals surface area contributed by atoms with Gasteiger partial charge in [-0.25, -0.2) is 15.0 Å². The first kappa shape index (κ1) is 19.8. The Morgan fingerprint density at radius 2 is 2.03 bits per heavy atom. The number of aryl methyl sites for hydroxylation is 1. The molecular weight excluding hydrogens is 422 g/mol. The second kappa shape index (κ2) is 7.33. The number of ether oxygens (including phenoxy) is 1. The van der Waals surface area contributed by atoms with Gasteiger partial charge in [0.05, 0.1) is 18.5 Å². The van der Waals surface area contributed by atoms with E-state index in [2.05, 4.69) is 26.7 Å². The van der Waals surface area contributed by atoms with Gasteiger partial charge in [0, 0.05) is 13.1 Å². The van der Waals surface area contributed by atoms with E-state index in [1.54, 1.807) is 32.4 Å². The standard InChI is InChI=1S/C24H23N5O4/c1-28-21(22-25-14-9-3-4-10-15(14)29(22)13-7-5-8-13)26-19(20(30)24(28)31)23-27-18-16(32-2)11-6-12-17(18)33-23/h4,6,10-13,30H,3,5,7-9H2,1-2H3. The van der Waals surface area contributed by atoms with Gasteiger partial charge in [-0.2, -0.15) is 0 Å². The highest BCUT2D eigenvalue weighted by molar-refractivity contribution is 5.82. The Bertz CT molecular complexity index is 1490. The van der Waals surface area contributed by atoms with Crippen LogP contribution in [0.5, 0.6) is 11.5 Å². The lowest BCUT2D eigenvalue weighted by Gasteiger charge is -2.30. The molecule has 4 aromatic rings. The van der Waals surface area contributed by atoms with Crippen molar-refractivity contribution in [2.45, 2.75) is 38.1 Å². The minimum atomic E-state index is -0.583. The number of fused-ring (bicyclic) bond motifs is 2. The highest BCUT2D eigenvalue weighted by Gasteiger charge is 2.31. The summed E-state index contributed by atoms with van der Waals surface area (Å²) in [4.78, 5) is 27.1. The third-order valence-corrected chi connectivity index (χ3v) is 6.56. The number of imidazole rings is 1. The molecule has 1 aromatic carbocycles. The Hall–Kier alpha value is -3.88. The topological polar surface area (TPSA) is 108 Å². The minimum Gasteiger partial charge on any atom is -0.501 e. The molecule has 1 fully saturated rings. The number of para-hydroxylation sites is 1. The monoisotopic (exact) mass is 445 g/mol. The maximum Gasteiger partial charge on any atom is 0.296 e. The first-order valence-corrected chi connectivity index (χ1v) is 11.1. The molecule has 2 aliphatic rings. The van der Waals surface area contributed by atoms with Gasteiger partial charge in [0.2, 0.25) is 5.75 Å². The van der Waals surface area contributed by atoms with Crippen LogP contribution in [0.4, 0.5) is 0 Å². The molecule has 1 saturated carbocycles. The van der Waals surface area contributed by atoms with E-state index in [0.717, 1.165) is 37.1 Å². The average molecular weight is 445 g/mol. The summed E-state index contributed by atoms with van der Waals surface area (Å²) in [7, 11) is 3.14. The summed E-state index contributed by atoms with van der Waals surface area (Å²) in [6, 6.07) is 5.62. The number of allylic oxidation sites excluding steroid dienone is 1. The molecule has 0 aliphatic heterocycles. The summed E-state index contributed by atoms with van der Waals surface area (Å²) >= 11 is 0. The second-order valence-corrected chi connectivity index (χ2v) is 8.49. The molecule has 0 radical (unpaired) electrons. The van der Waals surface area contributed by atoms with Crippen LogP contribution >= 0.6 is 0 Å². The van der Waals surface area contributed by atoms with Crippen molar-refractivity contribution in [3.05, 3.63) is 46.0 Å². The van der Waals surface area contributed by atoms with Crippen molar-refractivity contribution in [2.75, 3.05) is 7.11 Å². The SMILES string of the molecule is COc1cccc2oc(-c3nc(-c4nc5c(n4C4CCC4)C=CCC5)n(C)c(=O)c3O)nc12. The Balaban J connectivity index is 1.58. The van der Waals surface area contributed by atoms with Gasteiger partial charge < -0.3 is 18.8 Å². The molecule has 2 aliphatic carbocycles. The van der Waals surface area contributed by atoms with Crippen molar-refractivity contribution in [1.29, 1.82) is 0 Å². The zero-order valence-electron chi connectivity index (χ0n) is 18.4. The predicted octanol–water partition coefficient (Wildman–Crippen LogP) is 3.85. The number of nitrogens with zero attached hydrogens (tertiary/aromatic N) is 5. The fourth-order valence-corrected chi connectivity index (χ4v) is 4.57. The molecule has 3 heterocycles. The molecule has 0 amide bonds. The van der Waals surface area contributed by atoms with Crippen molar-refractivity contribution in [2.24, 2.45) is 7.05 Å². The molecule has 33 heavy (non-hydrogen) atoms. The summed E-state index contributed by atoms with van der Waals surface area (Å²) in [5.41, 5.74) is 2.47. The van der Waals surface area contributed by atoms with Crippen LogP contribution in [0.3, 0.4) is 0 Å². The molecule has 0 unspecified atom stereocenters. The van der Waals surface area contributed by atoms with Crippen LogP contribution in [-0.4, -0.2) is 36.3 Å². The van der Waals surface area contributed by atoms with Crippen LogP contribution in [0.1, 0.15) is 43.1 Å².